The van der Waals surface area contributed by atoms with Gasteiger partial charge in [0.1, 0.15) is 0 Å². The molecule has 96 valence electrons. The van der Waals surface area contributed by atoms with Crippen LogP contribution in [0.1, 0.15) is 37.8 Å². The summed E-state index contributed by atoms with van der Waals surface area (Å²) in [5.41, 5.74) is 8.93. The summed E-state index contributed by atoms with van der Waals surface area (Å²) in [6.07, 6.45) is 1.16. The van der Waals surface area contributed by atoms with Gasteiger partial charge in [0.2, 0.25) is 0 Å². The number of hydrogen-bond acceptors (Lipinski definition) is 1. The molecule has 2 aliphatic rings. The van der Waals surface area contributed by atoms with E-state index in [9.17, 15) is 0 Å². The van der Waals surface area contributed by atoms with Gasteiger partial charge in [-0.25, -0.2) is 4.99 Å². The van der Waals surface area contributed by atoms with Gasteiger partial charge in [-0.2, -0.15) is 0 Å². The third-order valence-electron chi connectivity index (χ3n) is 3.79. The van der Waals surface area contributed by atoms with Crippen LogP contribution in [0.3, 0.4) is 0 Å². The first-order valence-electron chi connectivity index (χ1n) is 6.65. The molecule has 0 heterocycles. The molecule has 3 heteroatoms. The van der Waals surface area contributed by atoms with E-state index in [0.29, 0.717) is 23.8 Å². The van der Waals surface area contributed by atoms with Crippen molar-refractivity contribution >= 4 is 5.96 Å². The molecule has 3 atom stereocenters. The van der Waals surface area contributed by atoms with Crippen molar-refractivity contribution in [3.8, 4) is 0 Å². The average Bonchev–Trinajstić information content (AvgIpc) is 2.77. The molecule has 2 aliphatic carbocycles. The molecule has 0 amide bonds. The first-order chi connectivity index (χ1) is 8.46. The number of rotatable bonds is 1. The minimum absolute atomic E-state index is 0.0184. The Morgan fingerprint density at radius 3 is 2.78 bits per heavy atom. The van der Waals surface area contributed by atoms with Crippen molar-refractivity contribution in [1.29, 1.82) is 0 Å². The number of nitrogens with one attached hydrogen (secondary N) is 1. The maximum absolute atomic E-state index is 5.96. The van der Waals surface area contributed by atoms with Crippen LogP contribution >= 0.6 is 0 Å². The molecule has 1 aromatic carbocycles. The van der Waals surface area contributed by atoms with Gasteiger partial charge in [-0.15, -0.1) is 0 Å². The van der Waals surface area contributed by atoms with E-state index in [2.05, 4.69) is 55.3 Å². The molecule has 0 aliphatic heterocycles. The van der Waals surface area contributed by atoms with Gasteiger partial charge in [-0.1, -0.05) is 24.3 Å². The Kier molecular flexibility index (Phi) is 2.40. The highest BCUT2D eigenvalue weighted by molar-refractivity contribution is 5.79. The van der Waals surface area contributed by atoms with E-state index in [1.165, 1.54) is 11.1 Å². The molecule has 0 spiro atoms. The zero-order valence-electron chi connectivity index (χ0n) is 11.3. The molecular weight excluding hydrogens is 222 g/mol. The van der Waals surface area contributed by atoms with E-state index in [4.69, 9.17) is 5.73 Å². The summed E-state index contributed by atoms with van der Waals surface area (Å²) in [6, 6.07) is 9.12. The van der Waals surface area contributed by atoms with Crippen LogP contribution in [0.15, 0.2) is 29.3 Å². The van der Waals surface area contributed by atoms with Crippen LogP contribution in [0.25, 0.3) is 0 Å². The van der Waals surface area contributed by atoms with E-state index in [1.54, 1.807) is 0 Å². The van der Waals surface area contributed by atoms with Gasteiger partial charge < -0.3 is 11.1 Å². The second-order valence-electron chi connectivity index (χ2n) is 6.47. The molecule has 3 N–H and O–H groups in total. The fourth-order valence-electron chi connectivity index (χ4n) is 3.07. The number of nitrogens with two attached hydrogens (primary N) is 1. The van der Waals surface area contributed by atoms with Crippen LogP contribution in [0.2, 0.25) is 0 Å². The highest BCUT2D eigenvalue weighted by Crippen LogP contribution is 2.58. The first-order valence-corrected chi connectivity index (χ1v) is 6.65. The lowest BCUT2D eigenvalue weighted by Gasteiger charge is -2.21. The predicted octanol–water partition coefficient (Wildman–Crippen LogP) is 2.03. The highest BCUT2D eigenvalue weighted by Gasteiger charge is 2.55. The Balaban J connectivity index is 1.72. The van der Waals surface area contributed by atoms with E-state index in [-0.39, 0.29) is 5.54 Å². The van der Waals surface area contributed by atoms with Crippen LogP contribution in [0, 0.1) is 5.92 Å². The Hall–Kier alpha value is -1.51. The summed E-state index contributed by atoms with van der Waals surface area (Å²) in [7, 11) is 0. The largest absolute Gasteiger partial charge is 0.370 e. The molecule has 0 saturated heterocycles. The number of fused-ring (bicyclic) bond motifs is 3. The van der Waals surface area contributed by atoms with Crippen LogP contribution in [0.4, 0.5) is 0 Å². The fourth-order valence-corrected chi connectivity index (χ4v) is 3.07. The smallest absolute Gasteiger partial charge is 0.189 e. The quantitative estimate of drug-likeness (QED) is 0.585. The first kappa shape index (κ1) is 11.6. The summed E-state index contributed by atoms with van der Waals surface area (Å²) >= 11 is 0. The predicted molar refractivity (Wildman–Crippen MR) is 74.7 cm³/mol. The number of nitrogens with zero attached hydrogens (tertiary/aromatic N) is 1. The number of benzene rings is 1. The minimum Gasteiger partial charge on any atom is -0.370 e. The minimum atomic E-state index is -0.0184. The number of aliphatic imine (C=N–C) groups is 1. The Morgan fingerprint density at radius 1 is 1.33 bits per heavy atom. The average molecular weight is 243 g/mol. The maximum atomic E-state index is 5.96. The van der Waals surface area contributed by atoms with E-state index >= 15 is 0 Å². The monoisotopic (exact) mass is 243 g/mol. The zero-order valence-corrected chi connectivity index (χ0v) is 11.3. The molecule has 3 nitrogen and oxygen atoms in total. The van der Waals surface area contributed by atoms with Crippen LogP contribution in [-0.4, -0.2) is 17.5 Å². The Labute approximate surface area is 108 Å². The van der Waals surface area contributed by atoms with Gasteiger partial charge >= 0.3 is 0 Å². The molecule has 3 rings (SSSR count). The van der Waals surface area contributed by atoms with Gasteiger partial charge in [0.15, 0.2) is 5.96 Å². The zero-order chi connectivity index (χ0) is 12.9. The van der Waals surface area contributed by atoms with E-state index in [1.807, 2.05) is 0 Å². The summed E-state index contributed by atoms with van der Waals surface area (Å²) in [5, 5.41) is 3.23. The normalized spacial score (nSPS) is 29.7. The third-order valence-corrected chi connectivity index (χ3v) is 3.79. The van der Waals surface area contributed by atoms with Gasteiger partial charge in [0.25, 0.3) is 0 Å². The van der Waals surface area contributed by atoms with Crippen LogP contribution in [-0.2, 0) is 6.42 Å². The highest BCUT2D eigenvalue weighted by atomic mass is 15.2. The molecule has 0 aromatic heterocycles. The van der Waals surface area contributed by atoms with Gasteiger partial charge in [0, 0.05) is 11.5 Å². The van der Waals surface area contributed by atoms with Gasteiger partial charge in [0.05, 0.1) is 6.04 Å². The lowest BCUT2D eigenvalue weighted by Crippen LogP contribution is -2.45. The van der Waals surface area contributed by atoms with Gasteiger partial charge in [-0.05, 0) is 44.2 Å². The Morgan fingerprint density at radius 2 is 2.06 bits per heavy atom. The molecule has 0 bridgehead atoms. The maximum Gasteiger partial charge on any atom is 0.189 e. The topological polar surface area (TPSA) is 50.4 Å². The number of hydrogen-bond donors (Lipinski definition) is 2. The van der Waals surface area contributed by atoms with E-state index in [0.717, 1.165) is 6.42 Å². The lowest BCUT2D eigenvalue weighted by molar-refractivity contribution is 0.507. The second kappa shape index (κ2) is 3.74. The Bertz CT molecular complexity index is 499. The summed E-state index contributed by atoms with van der Waals surface area (Å²) in [5.74, 6) is 1.88. The molecule has 0 radical (unpaired) electrons. The van der Waals surface area contributed by atoms with Gasteiger partial charge in [-0.3, -0.25) is 0 Å². The van der Waals surface area contributed by atoms with Crippen molar-refractivity contribution in [3.05, 3.63) is 35.4 Å². The second-order valence-corrected chi connectivity index (χ2v) is 6.47. The lowest BCUT2D eigenvalue weighted by atomic mass is 10.1. The third kappa shape index (κ3) is 1.98. The standard InChI is InChI=1S/C15H21N3/c1-15(2,3)18-14(16)17-13-11-8-9-6-4-5-7-10(9)12(11)13/h4-7,11-13H,8H2,1-3H3,(H3,16,17,18). The summed E-state index contributed by atoms with van der Waals surface area (Å²) in [4.78, 5) is 4.64. The van der Waals surface area contributed by atoms with Crippen LogP contribution in [0.5, 0.6) is 0 Å². The molecule has 1 saturated carbocycles. The molecule has 3 unspecified atom stereocenters. The summed E-state index contributed by atoms with van der Waals surface area (Å²) in [6.45, 7) is 6.29. The molecule has 1 aromatic rings. The summed E-state index contributed by atoms with van der Waals surface area (Å²) < 4.78 is 0. The SMILES string of the molecule is CC(C)(C)NC(N)=NC1C2Cc3ccccc3C21. The molecule has 1 fully saturated rings. The van der Waals surface area contributed by atoms with Crippen molar-refractivity contribution in [2.75, 3.05) is 0 Å². The van der Waals surface area contributed by atoms with Crippen LogP contribution < -0.4 is 11.1 Å². The molecular formula is C15H21N3. The van der Waals surface area contributed by atoms with Crippen molar-refractivity contribution in [1.82, 2.24) is 5.32 Å². The van der Waals surface area contributed by atoms with E-state index < -0.39 is 0 Å². The number of guanidine groups is 1. The molecule has 18 heavy (non-hydrogen) atoms. The van der Waals surface area contributed by atoms with Crippen molar-refractivity contribution in [2.24, 2.45) is 16.6 Å². The van der Waals surface area contributed by atoms with Crippen molar-refractivity contribution in [2.45, 2.75) is 44.7 Å². The fraction of sp³-hybridized carbons (Fsp3) is 0.533. The van der Waals surface area contributed by atoms with Crippen molar-refractivity contribution < 1.29 is 0 Å². The van der Waals surface area contributed by atoms with Crippen molar-refractivity contribution in [3.63, 3.8) is 0 Å².